The van der Waals surface area contributed by atoms with E-state index in [9.17, 15) is 18.6 Å². The maximum absolute atomic E-state index is 12.5. The van der Waals surface area contributed by atoms with Gasteiger partial charge in [-0.2, -0.15) is 0 Å². The average Bonchev–Trinajstić information content (AvgIpc) is 2.60. The molecule has 0 spiro atoms. The van der Waals surface area contributed by atoms with Crippen molar-refractivity contribution in [1.82, 2.24) is 10.2 Å². The van der Waals surface area contributed by atoms with E-state index in [-0.39, 0.29) is 30.4 Å². The maximum atomic E-state index is 12.5. The summed E-state index contributed by atoms with van der Waals surface area (Å²) in [5, 5.41) is 1.92. The van der Waals surface area contributed by atoms with Crippen molar-refractivity contribution in [2.75, 3.05) is 12.4 Å². The number of benzene rings is 1. The smallest absolute Gasteiger partial charge is 0.355 e. The fraction of sp³-hybridized carbons (Fsp3) is 0.389. The highest BCUT2D eigenvalue weighted by Gasteiger charge is 2.56. The molecule has 7 nitrogen and oxygen atoms in total. The van der Waals surface area contributed by atoms with Crippen LogP contribution in [-0.4, -0.2) is 50.7 Å². The van der Waals surface area contributed by atoms with Crippen LogP contribution in [-0.2, 0) is 36.3 Å². The number of ether oxygens (including phenoxy) is 1. The lowest BCUT2D eigenvalue weighted by atomic mass is 10.0. The predicted molar refractivity (Wildman–Crippen MR) is 95.1 cm³/mol. The molecule has 1 fully saturated rings. The van der Waals surface area contributed by atoms with E-state index in [1.807, 2.05) is 30.3 Å². The zero-order chi connectivity index (χ0) is 18.8. The van der Waals surface area contributed by atoms with Gasteiger partial charge in [-0.25, -0.2) is 4.79 Å². The van der Waals surface area contributed by atoms with Crippen LogP contribution in [0.15, 0.2) is 41.6 Å². The summed E-state index contributed by atoms with van der Waals surface area (Å²) in [6.07, 6.45) is 0.129. The lowest BCUT2D eigenvalue weighted by Crippen LogP contribution is -2.73. The number of nitrogens with one attached hydrogen (secondary N) is 1. The van der Waals surface area contributed by atoms with Crippen LogP contribution in [0.4, 0.5) is 0 Å². The first-order valence-electron chi connectivity index (χ1n) is 8.34. The summed E-state index contributed by atoms with van der Waals surface area (Å²) in [4.78, 5) is 38.1. The number of fused-ring (bicyclic) bond motifs is 1. The van der Waals surface area contributed by atoms with Crippen molar-refractivity contribution in [1.29, 1.82) is 0 Å². The minimum atomic E-state index is -1.39. The number of nitrogens with zero attached hydrogens (tertiary/aromatic N) is 1. The van der Waals surface area contributed by atoms with Gasteiger partial charge in [0.15, 0.2) is 0 Å². The summed E-state index contributed by atoms with van der Waals surface area (Å²) in [5.41, 5.74) is 1.52. The largest absolute Gasteiger partial charge is 0.461 e. The van der Waals surface area contributed by atoms with Gasteiger partial charge in [-0.3, -0.25) is 18.7 Å². The molecule has 3 atom stereocenters. The minimum Gasteiger partial charge on any atom is -0.461 e. The molecule has 1 N–H and O–H groups in total. The van der Waals surface area contributed by atoms with Crippen molar-refractivity contribution in [2.45, 2.75) is 31.7 Å². The number of amides is 2. The van der Waals surface area contributed by atoms with Crippen molar-refractivity contribution in [2.24, 2.45) is 0 Å². The molecule has 1 aromatic carbocycles. The van der Waals surface area contributed by atoms with E-state index in [1.165, 1.54) is 4.90 Å². The molecule has 2 aliphatic rings. The Labute approximate surface area is 153 Å². The van der Waals surface area contributed by atoms with E-state index in [4.69, 9.17) is 4.74 Å². The highest BCUT2D eigenvalue weighted by atomic mass is 32.2. The van der Waals surface area contributed by atoms with Gasteiger partial charge in [-0.1, -0.05) is 30.3 Å². The predicted octanol–water partition coefficient (Wildman–Crippen LogP) is 0.482. The first-order chi connectivity index (χ1) is 12.4. The standard InChI is InChI=1S/C18H20N2O5S/c1-3-25-18(23)15-11(2)10-26(24)17-14(16(22)20(15)17)19-13(21)9-12-7-5-4-6-8-12/h4-8,14,17H,3,9-10H2,1-2H3,(H,19,21)/t14?,17-,26?/m1/s1. The van der Waals surface area contributed by atoms with Gasteiger partial charge in [0.1, 0.15) is 17.1 Å². The molecule has 0 radical (unpaired) electrons. The van der Waals surface area contributed by atoms with E-state index < -0.39 is 34.1 Å². The third kappa shape index (κ3) is 3.29. The SMILES string of the molecule is CCOC(=O)C1=C(C)CS(=O)[C@@H]2C(NC(=O)Cc3ccccc3)C(=O)N12. The van der Waals surface area contributed by atoms with Gasteiger partial charge in [0.2, 0.25) is 5.91 Å². The summed E-state index contributed by atoms with van der Waals surface area (Å²) in [5.74, 6) is -1.19. The van der Waals surface area contributed by atoms with Crippen LogP contribution >= 0.6 is 0 Å². The van der Waals surface area contributed by atoms with Crippen LogP contribution in [0, 0.1) is 0 Å². The summed E-state index contributed by atoms with van der Waals surface area (Å²) in [6, 6.07) is 8.26. The number of rotatable bonds is 5. The Kier molecular flexibility index (Phi) is 5.22. The fourth-order valence-electron chi connectivity index (χ4n) is 3.15. The van der Waals surface area contributed by atoms with Gasteiger partial charge in [0, 0.05) is 5.75 Å². The topological polar surface area (TPSA) is 92.8 Å². The molecule has 138 valence electrons. The number of esters is 1. The number of carbonyl (C=O) groups is 3. The summed E-state index contributed by atoms with van der Waals surface area (Å²) < 4.78 is 17.5. The molecule has 0 saturated carbocycles. The Balaban J connectivity index is 1.73. The molecule has 3 rings (SSSR count). The van der Waals surface area contributed by atoms with Gasteiger partial charge in [-0.05, 0) is 25.0 Å². The van der Waals surface area contributed by atoms with E-state index in [0.29, 0.717) is 5.57 Å². The van der Waals surface area contributed by atoms with Crippen LogP contribution in [0.25, 0.3) is 0 Å². The molecular weight excluding hydrogens is 356 g/mol. The molecule has 0 bridgehead atoms. The van der Waals surface area contributed by atoms with Crippen molar-refractivity contribution < 1.29 is 23.3 Å². The van der Waals surface area contributed by atoms with E-state index in [0.717, 1.165) is 5.56 Å². The molecule has 0 aromatic heterocycles. The van der Waals surface area contributed by atoms with Crippen LogP contribution < -0.4 is 5.32 Å². The first-order valence-corrected chi connectivity index (χ1v) is 9.72. The Morgan fingerprint density at radius 1 is 1.31 bits per heavy atom. The molecule has 0 aliphatic carbocycles. The molecule has 1 saturated heterocycles. The third-order valence-corrected chi connectivity index (χ3v) is 6.05. The van der Waals surface area contributed by atoms with Crippen LogP contribution in [0.5, 0.6) is 0 Å². The molecule has 2 unspecified atom stereocenters. The zero-order valence-corrected chi connectivity index (χ0v) is 15.4. The number of β-lactam (4-membered cyclic amide) rings is 1. The van der Waals surface area contributed by atoms with E-state index in [1.54, 1.807) is 13.8 Å². The molecule has 2 heterocycles. The molecule has 1 aromatic rings. The van der Waals surface area contributed by atoms with Crippen molar-refractivity contribution >= 4 is 28.6 Å². The van der Waals surface area contributed by atoms with Crippen molar-refractivity contribution in [3.8, 4) is 0 Å². The Morgan fingerprint density at radius 3 is 2.65 bits per heavy atom. The molecule has 26 heavy (non-hydrogen) atoms. The average molecular weight is 376 g/mol. The lowest BCUT2D eigenvalue weighted by Gasteiger charge is -2.49. The highest BCUT2D eigenvalue weighted by molar-refractivity contribution is 7.86. The molecule has 2 aliphatic heterocycles. The minimum absolute atomic E-state index is 0.129. The Bertz CT molecular complexity index is 805. The Hall–Kier alpha value is -2.48. The summed E-state index contributed by atoms with van der Waals surface area (Å²) >= 11 is 0. The maximum Gasteiger partial charge on any atom is 0.355 e. The lowest BCUT2D eigenvalue weighted by molar-refractivity contribution is -0.152. The van der Waals surface area contributed by atoms with E-state index in [2.05, 4.69) is 5.32 Å². The van der Waals surface area contributed by atoms with Gasteiger partial charge >= 0.3 is 5.97 Å². The zero-order valence-electron chi connectivity index (χ0n) is 14.6. The summed E-state index contributed by atoms with van der Waals surface area (Å²) in [6.45, 7) is 3.52. The quantitative estimate of drug-likeness (QED) is 0.596. The Morgan fingerprint density at radius 2 is 2.00 bits per heavy atom. The van der Waals surface area contributed by atoms with Crippen LogP contribution in [0.2, 0.25) is 0 Å². The van der Waals surface area contributed by atoms with E-state index >= 15 is 0 Å². The normalized spacial score (nSPS) is 24.6. The second-order valence-corrected chi connectivity index (χ2v) is 7.71. The fourth-order valence-corrected chi connectivity index (χ4v) is 4.82. The van der Waals surface area contributed by atoms with Gasteiger partial charge in [0.25, 0.3) is 5.91 Å². The van der Waals surface area contributed by atoms with Gasteiger partial charge < -0.3 is 10.1 Å². The third-order valence-electron chi connectivity index (χ3n) is 4.31. The second kappa shape index (κ2) is 7.41. The monoisotopic (exact) mass is 376 g/mol. The van der Waals surface area contributed by atoms with Crippen LogP contribution in [0.1, 0.15) is 19.4 Å². The summed E-state index contributed by atoms with van der Waals surface area (Å²) in [7, 11) is -1.39. The molecule has 8 heteroatoms. The number of hydrogen-bond acceptors (Lipinski definition) is 5. The van der Waals surface area contributed by atoms with Crippen LogP contribution in [0.3, 0.4) is 0 Å². The van der Waals surface area contributed by atoms with Crippen molar-refractivity contribution in [3.05, 3.63) is 47.2 Å². The van der Waals surface area contributed by atoms with Gasteiger partial charge in [-0.15, -0.1) is 0 Å². The number of carbonyl (C=O) groups excluding carboxylic acids is 3. The molecule has 2 amide bonds. The second-order valence-electron chi connectivity index (χ2n) is 6.18. The first kappa shape index (κ1) is 18.3. The highest BCUT2D eigenvalue weighted by Crippen LogP contribution is 2.35. The van der Waals surface area contributed by atoms with Gasteiger partial charge in [0.05, 0.1) is 23.8 Å². The number of hydrogen-bond donors (Lipinski definition) is 1. The van der Waals surface area contributed by atoms with Crippen molar-refractivity contribution in [3.63, 3.8) is 0 Å². The molecular formula is C18H20N2O5S.